The number of rotatable bonds is 2. The van der Waals surface area contributed by atoms with Crippen LogP contribution in [0.25, 0.3) is 10.8 Å². The summed E-state index contributed by atoms with van der Waals surface area (Å²) in [6, 6.07) is 10.1. The first-order chi connectivity index (χ1) is 7.91. The predicted octanol–water partition coefficient (Wildman–Crippen LogP) is 2.97. The highest BCUT2D eigenvalue weighted by Gasteiger charge is 2.21. The van der Waals surface area contributed by atoms with Crippen molar-refractivity contribution >= 4 is 36.3 Å². The molecule has 0 aromatic heterocycles. The Balaban J connectivity index is 3.00. The van der Waals surface area contributed by atoms with Gasteiger partial charge in [0.1, 0.15) is 4.90 Å². The van der Waals surface area contributed by atoms with Crippen LogP contribution in [0.5, 0.6) is 0 Å². The van der Waals surface area contributed by atoms with Crippen molar-refractivity contribution in [3.8, 4) is 0 Å². The van der Waals surface area contributed by atoms with E-state index in [1.807, 2.05) is 0 Å². The van der Waals surface area contributed by atoms with Gasteiger partial charge in [0.15, 0.2) is 5.78 Å². The van der Waals surface area contributed by atoms with Gasteiger partial charge >= 0.3 is 0 Å². The van der Waals surface area contributed by atoms with Gasteiger partial charge in [-0.1, -0.05) is 30.3 Å². The van der Waals surface area contributed by atoms with Crippen molar-refractivity contribution in [1.29, 1.82) is 0 Å². The van der Waals surface area contributed by atoms with Crippen LogP contribution in [0.15, 0.2) is 41.3 Å². The van der Waals surface area contributed by atoms with Crippen LogP contribution in [0, 0.1) is 0 Å². The number of hydrogen-bond donors (Lipinski definition) is 0. The molecule has 0 N–H and O–H groups in total. The minimum Gasteiger partial charge on any atom is -0.294 e. The zero-order valence-corrected chi connectivity index (χ0v) is 10.5. The molecular weight excluding hydrogens is 260 g/mol. The Morgan fingerprint density at radius 2 is 1.76 bits per heavy atom. The normalized spacial score (nSPS) is 11.6. The van der Waals surface area contributed by atoms with E-state index in [1.54, 1.807) is 30.3 Å². The van der Waals surface area contributed by atoms with E-state index < -0.39 is 9.05 Å². The highest BCUT2D eigenvalue weighted by atomic mass is 35.7. The molecule has 0 unspecified atom stereocenters. The Labute approximate surface area is 103 Å². The molecule has 17 heavy (non-hydrogen) atoms. The largest absolute Gasteiger partial charge is 0.294 e. The maximum atomic E-state index is 11.6. The zero-order valence-electron chi connectivity index (χ0n) is 8.98. The molecule has 5 heteroatoms. The summed E-state index contributed by atoms with van der Waals surface area (Å²) in [6.45, 7) is 1.32. The van der Waals surface area contributed by atoms with Crippen molar-refractivity contribution in [3.63, 3.8) is 0 Å². The van der Waals surface area contributed by atoms with E-state index >= 15 is 0 Å². The van der Waals surface area contributed by atoms with E-state index in [9.17, 15) is 13.2 Å². The molecule has 2 rings (SSSR count). The Kier molecular flexibility index (Phi) is 2.93. The molecule has 0 aliphatic heterocycles. The van der Waals surface area contributed by atoms with Crippen LogP contribution in [0.4, 0.5) is 0 Å². The lowest BCUT2D eigenvalue weighted by atomic mass is 10.0. The molecule has 0 aliphatic carbocycles. The number of halogens is 1. The van der Waals surface area contributed by atoms with Gasteiger partial charge in [-0.3, -0.25) is 4.79 Å². The van der Waals surface area contributed by atoms with Crippen LogP contribution in [-0.2, 0) is 9.05 Å². The average molecular weight is 269 g/mol. The first-order valence-electron chi connectivity index (χ1n) is 4.88. The number of hydrogen-bond acceptors (Lipinski definition) is 3. The lowest BCUT2D eigenvalue weighted by molar-refractivity contribution is 0.101. The van der Waals surface area contributed by atoms with Crippen molar-refractivity contribution in [2.24, 2.45) is 0 Å². The maximum Gasteiger partial charge on any atom is 0.262 e. The fourth-order valence-electron chi connectivity index (χ4n) is 1.78. The average Bonchev–Trinajstić information content (AvgIpc) is 2.26. The van der Waals surface area contributed by atoms with Crippen LogP contribution in [-0.4, -0.2) is 14.2 Å². The summed E-state index contributed by atoms with van der Waals surface area (Å²) in [6.07, 6.45) is 0. The SMILES string of the molecule is CC(=O)c1ccc2ccccc2c1S(=O)(=O)Cl. The first-order valence-corrected chi connectivity index (χ1v) is 7.19. The number of benzene rings is 2. The molecule has 0 bridgehead atoms. The molecule has 0 aliphatic rings. The van der Waals surface area contributed by atoms with Crippen LogP contribution < -0.4 is 0 Å². The lowest BCUT2D eigenvalue weighted by Gasteiger charge is -2.07. The molecule has 2 aromatic rings. The second-order valence-electron chi connectivity index (χ2n) is 3.66. The van der Waals surface area contributed by atoms with Gasteiger partial charge in [0.05, 0.1) is 0 Å². The van der Waals surface area contributed by atoms with Crippen molar-refractivity contribution in [3.05, 3.63) is 42.0 Å². The molecular formula is C12H9ClO3S. The van der Waals surface area contributed by atoms with Gasteiger partial charge in [-0.2, -0.15) is 0 Å². The van der Waals surface area contributed by atoms with Gasteiger partial charge in [-0.15, -0.1) is 0 Å². The van der Waals surface area contributed by atoms with E-state index in [4.69, 9.17) is 10.7 Å². The highest BCUT2D eigenvalue weighted by Crippen LogP contribution is 2.29. The van der Waals surface area contributed by atoms with Crippen molar-refractivity contribution in [2.45, 2.75) is 11.8 Å². The zero-order chi connectivity index (χ0) is 12.6. The molecule has 2 aromatic carbocycles. The second-order valence-corrected chi connectivity index (χ2v) is 6.16. The topological polar surface area (TPSA) is 51.2 Å². The molecule has 0 spiro atoms. The third-order valence-corrected chi connectivity index (χ3v) is 3.89. The maximum absolute atomic E-state index is 11.6. The van der Waals surface area contributed by atoms with Crippen molar-refractivity contribution < 1.29 is 13.2 Å². The Morgan fingerprint density at radius 1 is 1.12 bits per heavy atom. The molecule has 0 atom stereocenters. The van der Waals surface area contributed by atoms with E-state index in [2.05, 4.69) is 0 Å². The Hall–Kier alpha value is -1.39. The highest BCUT2D eigenvalue weighted by molar-refractivity contribution is 8.14. The number of carbonyl (C=O) groups is 1. The van der Waals surface area contributed by atoms with Crippen LogP contribution in [0.2, 0.25) is 0 Å². The van der Waals surface area contributed by atoms with Gasteiger partial charge in [-0.05, 0) is 18.4 Å². The molecule has 0 saturated heterocycles. The smallest absolute Gasteiger partial charge is 0.262 e. The minimum absolute atomic E-state index is 0.107. The van der Waals surface area contributed by atoms with Gasteiger partial charge < -0.3 is 0 Å². The second kappa shape index (κ2) is 4.13. The summed E-state index contributed by atoms with van der Waals surface area (Å²) in [5, 5.41) is 1.20. The van der Waals surface area contributed by atoms with Crippen molar-refractivity contribution in [2.75, 3.05) is 0 Å². The van der Waals surface area contributed by atoms with Gasteiger partial charge in [0.25, 0.3) is 9.05 Å². The molecule has 0 fully saturated rings. The molecule has 0 radical (unpaired) electrons. The standard InChI is InChI=1S/C12H9ClO3S/c1-8(14)10-7-6-9-4-2-3-5-11(9)12(10)17(13,15)16/h2-7H,1H3. The summed E-state index contributed by atoms with van der Waals surface area (Å²) in [5.41, 5.74) is 0.124. The number of Topliss-reactive ketones (excluding diaryl/α,β-unsaturated/α-hetero) is 1. The number of ketones is 1. The van der Waals surface area contributed by atoms with Crippen LogP contribution in [0.1, 0.15) is 17.3 Å². The quantitative estimate of drug-likeness (QED) is 0.621. The molecule has 0 amide bonds. The van der Waals surface area contributed by atoms with Crippen molar-refractivity contribution in [1.82, 2.24) is 0 Å². The summed E-state index contributed by atoms with van der Waals surface area (Å²) < 4.78 is 23.2. The molecule has 3 nitrogen and oxygen atoms in total. The Morgan fingerprint density at radius 3 is 2.35 bits per heavy atom. The molecule has 88 valence electrons. The summed E-state index contributed by atoms with van der Waals surface area (Å²) in [7, 11) is 1.45. The third kappa shape index (κ3) is 2.18. The van der Waals surface area contributed by atoms with Crippen LogP contribution in [0.3, 0.4) is 0 Å². The minimum atomic E-state index is -3.95. The number of carbonyl (C=O) groups excluding carboxylic acids is 1. The van der Waals surface area contributed by atoms with E-state index in [-0.39, 0.29) is 16.2 Å². The lowest BCUT2D eigenvalue weighted by Crippen LogP contribution is -2.03. The molecule has 0 heterocycles. The van der Waals surface area contributed by atoms with E-state index in [1.165, 1.54) is 13.0 Å². The van der Waals surface area contributed by atoms with Gasteiger partial charge in [0, 0.05) is 21.6 Å². The Bertz CT molecular complexity index is 705. The van der Waals surface area contributed by atoms with Gasteiger partial charge in [-0.25, -0.2) is 8.42 Å². The monoisotopic (exact) mass is 268 g/mol. The fourth-order valence-corrected chi connectivity index (χ4v) is 3.20. The van der Waals surface area contributed by atoms with E-state index in [0.717, 1.165) is 5.39 Å². The summed E-state index contributed by atoms with van der Waals surface area (Å²) in [5.74, 6) is -0.324. The van der Waals surface area contributed by atoms with E-state index in [0.29, 0.717) is 5.39 Å². The number of fused-ring (bicyclic) bond motifs is 1. The fraction of sp³-hybridized carbons (Fsp3) is 0.0833. The predicted molar refractivity (Wildman–Crippen MR) is 67.0 cm³/mol. The first kappa shape index (κ1) is 12.1. The summed E-state index contributed by atoms with van der Waals surface area (Å²) >= 11 is 0. The summed E-state index contributed by atoms with van der Waals surface area (Å²) in [4.78, 5) is 11.3. The molecule has 0 saturated carbocycles. The van der Waals surface area contributed by atoms with Crippen LogP contribution >= 0.6 is 10.7 Å². The third-order valence-electron chi connectivity index (χ3n) is 2.50. The van der Waals surface area contributed by atoms with Gasteiger partial charge in [0.2, 0.25) is 0 Å².